The number of ketones is 1. The van der Waals surface area contributed by atoms with Crippen LogP contribution in [-0.2, 0) is 14.6 Å². The molecule has 1 N–H and O–H groups in total. The Labute approximate surface area is 92.4 Å². The molecule has 0 fully saturated rings. The van der Waals surface area contributed by atoms with Crippen LogP contribution in [0.4, 0.5) is 0 Å². The Hall–Kier alpha value is -0.420. The van der Waals surface area contributed by atoms with E-state index in [2.05, 4.69) is 5.32 Å². The molecule has 4 nitrogen and oxygen atoms in total. The van der Waals surface area contributed by atoms with Crippen LogP contribution in [0.25, 0.3) is 0 Å². The van der Waals surface area contributed by atoms with Gasteiger partial charge in [-0.05, 0) is 13.5 Å². The highest BCUT2D eigenvalue weighted by Crippen LogP contribution is 2.00. The van der Waals surface area contributed by atoms with Gasteiger partial charge in [0.05, 0.1) is 5.75 Å². The summed E-state index contributed by atoms with van der Waals surface area (Å²) in [5.74, 6) is 0.116. The third-order valence-corrected chi connectivity index (χ3v) is 3.92. The highest BCUT2D eigenvalue weighted by molar-refractivity contribution is 7.91. The molecule has 1 atom stereocenters. The standard InChI is InChI=1S/C10H21NO3S/c1-4-11-9(3)8-10(12)6-7-15(13,14)5-2/h9,11H,4-8H2,1-3H3. The van der Waals surface area contributed by atoms with Gasteiger partial charge >= 0.3 is 0 Å². The molecule has 0 amide bonds. The maximum absolute atomic E-state index is 11.4. The van der Waals surface area contributed by atoms with Crippen LogP contribution < -0.4 is 5.32 Å². The van der Waals surface area contributed by atoms with Gasteiger partial charge in [-0.3, -0.25) is 4.79 Å². The van der Waals surface area contributed by atoms with Crippen molar-refractivity contribution in [3.63, 3.8) is 0 Å². The quantitative estimate of drug-likeness (QED) is 0.675. The fraction of sp³-hybridized carbons (Fsp3) is 0.900. The molecule has 0 aliphatic carbocycles. The monoisotopic (exact) mass is 235 g/mol. The number of hydrogen-bond donors (Lipinski definition) is 1. The summed E-state index contributed by atoms with van der Waals surface area (Å²) in [5, 5.41) is 3.12. The average molecular weight is 235 g/mol. The zero-order valence-corrected chi connectivity index (χ0v) is 10.6. The summed E-state index contributed by atoms with van der Waals surface area (Å²) in [6.07, 6.45) is 0.555. The molecule has 5 heteroatoms. The summed E-state index contributed by atoms with van der Waals surface area (Å²) >= 11 is 0. The minimum absolute atomic E-state index is 0.0127. The van der Waals surface area contributed by atoms with Crippen LogP contribution in [0.15, 0.2) is 0 Å². The van der Waals surface area contributed by atoms with E-state index in [9.17, 15) is 13.2 Å². The van der Waals surface area contributed by atoms with E-state index in [1.807, 2.05) is 13.8 Å². The number of carbonyl (C=O) groups excluding carboxylic acids is 1. The number of Topliss-reactive ketones (excluding diaryl/α,β-unsaturated/α-hetero) is 1. The van der Waals surface area contributed by atoms with Gasteiger partial charge in [-0.25, -0.2) is 8.42 Å². The molecule has 0 saturated heterocycles. The fourth-order valence-electron chi connectivity index (χ4n) is 1.28. The van der Waals surface area contributed by atoms with E-state index in [0.717, 1.165) is 6.54 Å². The second kappa shape index (κ2) is 6.95. The van der Waals surface area contributed by atoms with Crippen molar-refractivity contribution in [1.29, 1.82) is 0 Å². The second-order valence-corrected chi connectivity index (χ2v) is 6.16. The van der Waals surface area contributed by atoms with Crippen LogP contribution in [-0.4, -0.2) is 38.3 Å². The molecular weight excluding hydrogens is 214 g/mol. The van der Waals surface area contributed by atoms with E-state index in [1.165, 1.54) is 0 Å². The van der Waals surface area contributed by atoms with Crippen LogP contribution in [0.1, 0.15) is 33.6 Å². The molecule has 0 aliphatic rings. The summed E-state index contributed by atoms with van der Waals surface area (Å²) in [7, 11) is -3.00. The zero-order valence-electron chi connectivity index (χ0n) is 9.75. The van der Waals surface area contributed by atoms with Crippen LogP contribution >= 0.6 is 0 Å². The van der Waals surface area contributed by atoms with Crippen LogP contribution in [0, 0.1) is 0 Å². The molecule has 0 aromatic rings. The van der Waals surface area contributed by atoms with Crippen molar-refractivity contribution in [2.24, 2.45) is 0 Å². The molecule has 15 heavy (non-hydrogen) atoms. The molecule has 1 unspecified atom stereocenters. The molecule has 0 spiro atoms. The fourth-order valence-corrected chi connectivity index (χ4v) is 2.11. The first-order chi connectivity index (χ1) is 6.91. The van der Waals surface area contributed by atoms with E-state index in [4.69, 9.17) is 0 Å². The predicted molar refractivity (Wildman–Crippen MR) is 61.7 cm³/mol. The smallest absolute Gasteiger partial charge is 0.150 e. The minimum atomic E-state index is -3.00. The summed E-state index contributed by atoms with van der Waals surface area (Å²) in [6, 6.07) is 0.131. The molecule has 0 rings (SSSR count). The molecule has 90 valence electrons. The number of sulfone groups is 1. The van der Waals surface area contributed by atoms with Crippen molar-refractivity contribution < 1.29 is 13.2 Å². The summed E-state index contributed by atoms with van der Waals surface area (Å²) in [4.78, 5) is 11.4. The predicted octanol–water partition coefficient (Wildman–Crippen LogP) is 0.768. The van der Waals surface area contributed by atoms with Crippen LogP contribution in [0.2, 0.25) is 0 Å². The third kappa shape index (κ3) is 7.50. The number of rotatable bonds is 8. The lowest BCUT2D eigenvalue weighted by Crippen LogP contribution is -2.28. The molecule has 0 aliphatic heterocycles. The third-order valence-electron chi connectivity index (χ3n) is 2.22. The Morgan fingerprint density at radius 3 is 2.40 bits per heavy atom. The van der Waals surface area contributed by atoms with E-state index >= 15 is 0 Å². The Kier molecular flexibility index (Phi) is 6.76. The largest absolute Gasteiger partial charge is 0.314 e. The summed E-state index contributed by atoms with van der Waals surface area (Å²) in [5.41, 5.74) is 0. The lowest BCUT2D eigenvalue weighted by atomic mass is 10.1. The SMILES string of the molecule is CCNC(C)CC(=O)CCS(=O)(=O)CC. The van der Waals surface area contributed by atoms with Crippen LogP contribution in [0.3, 0.4) is 0 Å². The van der Waals surface area contributed by atoms with Crippen LogP contribution in [0.5, 0.6) is 0 Å². The molecule has 0 aromatic heterocycles. The number of hydrogen-bond acceptors (Lipinski definition) is 4. The van der Waals surface area contributed by atoms with Gasteiger partial charge in [0.15, 0.2) is 0 Å². The Morgan fingerprint density at radius 2 is 1.93 bits per heavy atom. The van der Waals surface area contributed by atoms with E-state index in [-0.39, 0.29) is 29.8 Å². The highest BCUT2D eigenvalue weighted by atomic mass is 32.2. The van der Waals surface area contributed by atoms with Crippen molar-refractivity contribution in [2.45, 2.75) is 39.7 Å². The number of carbonyl (C=O) groups is 1. The van der Waals surface area contributed by atoms with E-state index < -0.39 is 9.84 Å². The lowest BCUT2D eigenvalue weighted by Gasteiger charge is -2.10. The van der Waals surface area contributed by atoms with Gasteiger partial charge in [0, 0.05) is 24.6 Å². The van der Waals surface area contributed by atoms with Crippen molar-refractivity contribution in [3.8, 4) is 0 Å². The average Bonchev–Trinajstić information content (AvgIpc) is 2.15. The first-order valence-corrected chi connectivity index (χ1v) is 7.19. The molecule has 0 bridgehead atoms. The molecule has 0 aromatic carbocycles. The second-order valence-electron chi connectivity index (χ2n) is 3.69. The van der Waals surface area contributed by atoms with Crippen molar-refractivity contribution in [1.82, 2.24) is 5.32 Å². The van der Waals surface area contributed by atoms with E-state index in [1.54, 1.807) is 6.92 Å². The van der Waals surface area contributed by atoms with Gasteiger partial charge in [0.25, 0.3) is 0 Å². The topological polar surface area (TPSA) is 63.2 Å². The minimum Gasteiger partial charge on any atom is -0.314 e. The lowest BCUT2D eigenvalue weighted by molar-refractivity contribution is -0.119. The highest BCUT2D eigenvalue weighted by Gasteiger charge is 2.13. The van der Waals surface area contributed by atoms with Crippen molar-refractivity contribution >= 4 is 15.6 Å². The first-order valence-electron chi connectivity index (χ1n) is 5.36. The Bertz CT molecular complexity index is 285. The molecule has 0 saturated carbocycles. The van der Waals surface area contributed by atoms with Crippen molar-refractivity contribution in [3.05, 3.63) is 0 Å². The van der Waals surface area contributed by atoms with E-state index in [0.29, 0.717) is 6.42 Å². The van der Waals surface area contributed by atoms with Gasteiger partial charge < -0.3 is 5.32 Å². The first kappa shape index (κ1) is 14.6. The molecule has 0 heterocycles. The number of nitrogens with one attached hydrogen (secondary N) is 1. The zero-order chi connectivity index (χ0) is 11.9. The Balaban J connectivity index is 3.85. The van der Waals surface area contributed by atoms with Gasteiger partial charge in [0.2, 0.25) is 0 Å². The normalized spacial score (nSPS) is 13.8. The van der Waals surface area contributed by atoms with Gasteiger partial charge in [-0.15, -0.1) is 0 Å². The Morgan fingerprint density at radius 1 is 1.33 bits per heavy atom. The maximum Gasteiger partial charge on any atom is 0.150 e. The maximum atomic E-state index is 11.4. The van der Waals surface area contributed by atoms with Gasteiger partial charge in [-0.2, -0.15) is 0 Å². The molecular formula is C10H21NO3S. The van der Waals surface area contributed by atoms with Gasteiger partial charge in [0.1, 0.15) is 15.6 Å². The van der Waals surface area contributed by atoms with Crippen molar-refractivity contribution in [2.75, 3.05) is 18.1 Å². The van der Waals surface area contributed by atoms with Gasteiger partial charge in [-0.1, -0.05) is 13.8 Å². The molecule has 0 radical (unpaired) electrons. The summed E-state index contributed by atoms with van der Waals surface area (Å²) < 4.78 is 22.3. The summed E-state index contributed by atoms with van der Waals surface area (Å²) in [6.45, 7) is 6.32.